The van der Waals surface area contributed by atoms with Crippen LogP contribution in [0.2, 0.25) is 0 Å². The summed E-state index contributed by atoms with van der Waals surface area (Å²) >= 11 is 0. The molecule has 1 heterocycles. The molecule has 0 amide bonds. The van der Waals surface area contributed by atoms with E-state index in [1.807, 2.05) is 12.1 Å². The molecule has 1 saturated carbocycles. The summed E-state index contributed by atoms with van der Waals surface area (Å²) in [6.07, 6.45) is 3.64. The van der Waals surface area contributed by atoms with Gasteiger partial charge in [-0.3, -0.25) is 0 Å². The summed E-state index contributed by atoms with van der Waals surface area (Å²) in [5.41, 5.74) is 11.6. The van der Waals surface area contributed by atoms with E-state index < -0.39 is 6.10 Å². The van der Waals surface area contributed by atoms with Gasteiger partial charge in [-0.05, 0) is 120 Å². The Morgan fingerprint density at radius 3 is 2.60 bits per heavy atom. The number of nitrogens with one attached hydrogen (secondary N) is 2. The van der Waals surface area contributed by atoms with Gasteiger partial charge in [0.15, 0.2) is 5.82 Å². The highest BCUT2D eigenvalue weighted by Gasteiger charge is 2.54. The predicted molar refractivity (Wildman–Crippen MR) is 154 cm³/mol. The lowest BCUT2D eigenvalue weighted by Gasteiger charge is -2.19. The van der Waals surface area contributed by atoms with Gasteiger partial charge in [0, 0.05) is 18.7 Å². The first-order chi connectivity index (χ1) is 19.4. The lowest BCUT2D eigenvalue weighted by molar-refractivity contribution is 0.0536. The number of aromatic amines is 1. The van der Waals surface area contributed by atoms with Crippen molar-refractivity contribution in [2.75, 3.05) is 18.5 Å². The summed E-state index contributed by atoms with van der Waals surface area (Å²) in [4.78, 5) is 0. The lowest BCUT2D eigenvalue weighted by Crippen LogP contribution is -2.21. The average Bonchev–Trinajstić information content (AvgIpc) is 3.40. The van der Waals surface area contributed by atoms with E-state index in [0.717, 1.165) is 42.0 Å². The maximum absolute atomic E-state index is 9.63. The minimum Gasteiger partial charge on any atom is -0.491 e. The number of ether oxygens (including phenoxy) is 1. The van der Waals surface area contributed by atoms with E-state index in [0.29, 0.717) is 17.1 Å². The second-order valence-corrected chi connectivity index (χ2v) is 11.6. The van der Waals surface area contributed by atoms with Crippen molar-refractivity contribution in [2.45, 2.75) is 65.0 Å². The molecule has 4 N–H and O–H groups in total. The molecule has 1 aromatic heterocycles. The number of rotatable bonds is 10. The smallest absolute Gasteiger partial charge is 0.175 e. The fourth-order valence-corrected chi connectivity index (χ4v) is 6.53. The van der Waals surface area contributed by atoms with Gasteiger partial charge >= 0.3 is 0 Å². The summed E-state index contributed by atoms with van der Waals surface area (Å²) in [5.74, 6) is 1.97. The quantitative estimate of drug-likeness (QED) is 0.229. The highest BCUT2D eigenvalue weighted by atomic mass is 16.5. The fraction of sp³-hybridized carbons (Fsp3) is 0.406. The molecule has 2 atom stereocenters. The number of aliphatic hydroxyl groups is 2. The van der Waals surface area contributed by atoms with E-state index in [4.69, 9.17) is 9.84 Å². The van der Waals surface area contributed by atoms with Crippen molar-refractivity contribution in [3.8, 4) is 16.9 Å². The van der Waals surface area contributed by atoms with E-state index in [1.54, 1.807) is 0 Å². The minimum absolute atomic E-state index is 0.0675. The lowest BCUT2D eigenvalue weighted by atomic mass is 9.86. The molecule has 4 aromatic rings. The number of H-pyrrole nitrogens is 1. The number of aliphatic hydroxyl groups excluding tert-OH is 2. The monoisotopic (exact) mass is 539 g/mol. The van der Waals surface area contributed by atoms with Crippen LogP contribution >= 0.6 is 0 Å². The number of hydrogen-bond donors (Lipinski definition) is 4. The third-order valence-electron chi connectivity index (χ3n) is 8.83. The first-order valence-electron chi connectivity index (χ1n) is 14.1. The molecule has 6 rings (SSSR count). The van der Waals surface area contributed by atoms with Crippen LogP contribution < -0.4 is 10.1 Å². The zero-order valence-electron chi connectivity index (χ0n) is 23.4. The van der Waals surface area contributed by atoms with Crippen LogP contribution in [-0.4, -0.2) is 50.2 Å². The van der Waals surface area contributed by atoms with Crippen molar-refractivity contribution in [1.82, 2.24) is 20.6 Å². The van der Waals surface area contributed by atoms with Crippen molar-refractivity contribution in [1.29, 1.82) is 0 Å². The summed E-state index contributed by atoms with van der Waals surface area (Å²) in [7, 11) is 0. The molecule has 8 heteroatoms. The molecular formula is C32H37N5O3. The zero-order chi connectivity index (χ0) is 27.9. The van der Waals surface area contributed by atoms with Gasteiger partial charge in [-0.15, -0.1) is 10.2 Å². The van der Waals surface area contributed by atoms with Gasteiger partial charge in [0.1, 0.15) is 18.5 Å². The second-order valence-electron chi connectivity index (χ2n) is 11.6. The first kappa shape index (κ1) is 26.5. The molecule has 3 aromatic carbocycles. The standard InChI is InChI=1S/C32H37N5O3/c1-19-11-26(40-18-25(39)17-38)12-20(2)31(19)27-6-4-5-22(21(27)3)16-33-24-7-8-28-23(13-24)15-32(9-10-32)29(28)14-30-34-36-37-35-30/h4-8,11-13,25,29,33,38-39H,9-10,14-18H2,1-3H3,(H,34,35,36,37)/t25-,29?/m1/s1. The Labute approximate surface area is 234 Å². The number of tetrazole rings is 1. The van der Waals surface area contributed by atoms with Gasteiger partial charge in [-0.25, -0.2) is 0 Å². The number of hydrogen-bond acceptors (Lipinski definition) is 7. The van der Waals surface area contributed by atoms with Crippen LogP contribution in [0.1, 0.15) is 58.0 Å². The largest absolute Gasteiger partial charge is 0.491 e. The van der Waals surface area contributed by atoms with E-state index in [-0.39, 0.29) is 13.2 Å². The van der Waals surface area contributed by atoms with Crippen LogP contribution in [0.5, 0.6) is 5.75 Å². The number of aromatic nitrogens is 4. The minimum atomic E-state index is -0.884. The maximum atomic E-state index is 9.63. The topological polar surface area (TPSA) is 116 Å². The van der Waals surface area contributed by atoms with Gasteiger partial charge in [-0.1, -0.05) is 29.5 Å². The Balaban J connectivity index is 1.18. The molecule has 2 aliphatic rings. The number of nitrogens with zero attached hydrogens (tertiary/aromatic N) is 3. The van der Waals surface area contributed by atoms with E-state index in [2.05, 4.69) is 83.1 Å². The number of fused-ring (bicyclic) bond motifs is 1. The van der Waals surface area contributed by atoms with Crippen molar-refractivity contribution < 1.29 is 14.9 Å². The summed E-state index contributed by atoms with van der Waals surface area (Å²) in [6.45, 7) is 6.86. The molecular weight excluding hydrogens is 502 g/mol. The predicted octanol–water partition coefficient (Wildman–Crippen LogP) is 4.80. The third kappa shape index (κ3) is 5.09. The van der Waals surface area contributed by atoms with Crippen LogP contribution in [0.4, 0.5) is 5.69 Å². The van der Waals surface area contributed by atoms with E-state index in [1.165, 1.54) is 46.2 Å². The van der Waals surface area contributed by atoms with Gasteiger partial charge < -0.3 is 20.3 Å². The fourth-order valence-electron chi connectivity index (χ4n) is 6.53. The summed E-state index contributed by atoms with van der Waals surface area (Å²) in [5, 5.41) is 37.1. The normalized spacial score (nSPS) is 17.6. The van der Waals surface area contributed by atoms with Gasteiger partial charge in [0.25, 0.3) is 0 Å². The Hall–Kier alpha value is -3.75. The van der Waals surface area contributed by atoms with Crippen molar-refractivity contribution in [3.05, 3.63) is 87.7 Å². The van der Waals surface area contributed by atoms with Crippen LogP contribution in [-0.2, 0) is 19.4 Å². The molecule has 0 radical (unpaired) electrons. The van der Waals surface area contributed by atoms with E-state index >= 15 is 0 Å². The molecule has 1 spiro atoms. The second kappa shape index (κ2) is 10.7. The Kier molecular flexibility index (Phi) is 7.06. The van der Waals surface area contributed by atoms with Crippen molar-refractivity contribution in [2.24, 2.45) is 5.41 Å². The highest BCUT2D eigenvalue weighted by molar-refractivity contribution is 5.75. The molecule has 40 heavy (non-hydrogen) atoms. The van der Waals surface area contributed by atoms with Gasteiger partial charge in [0.05, 0.1) is 6.61 Å². The SMILES string of the molecule is Cc1cc(OC[C@H](O)CO)cc(C)c1-c1cccc(CNc2ccc3c(c2)CC2(CC2)C3Cc2nn[nH]n2)c1C. The van der Waals surface area contributed by atoms with Gasteiger partial charge in [0.2, 0.25) is 0 Å². The first-order valence-corrected chi connectivity index (χ1v) is 14.1. The maximum Gasteiger partial charge on any atom is 0.175 e. The molecule has 1 unspecified atom stereocenters. The molecule has 208 valence electrons. The summed E-state index contributed by atoms with van der Waals surface area (Å²) < 4.78 is 5.70. The van der Waals surface area contributed by atoms with Gasteiger partial charge in [-0.2, -0.15) is 5.21 Å². The number of benzene rings is 3. The molecule has 2 aliphatic carbocycles. The Bertz CT molecular complexity index is 1490. The average molecular weight is 540 g/mol. The van der Waals surface area contributed by atoms with Crippen molar-refractivity contribution >= 4 is 5.69 Å². The van der Waals surface area contributed by atoms with Crippen LogP contribution in [0.25, 0.3) is 11.1 Å². The molecule has 0 aliphatic heterocycles. The summed E-state index contributed by atoms with van der Waals surface area (Å²) in [6, 6.07) is 17.3. The van der Waals surface area contributed by atoms with Crippen LogP contribution in [0.3, 0.4) is 0 Å². The Morgan fingerprint density at radius 2 is 1.90 bits per heavy atom. The third-order valence-corrected chi connectivity index (χ3v) is 8.83. The molecule has 8 nitrogen and oxygen atoms in total. The van der Waals surface area contributed by atoms with Crippen molar-refractivity contribution in [3.63, 3.8) is 0 Å². The highest BCUT2D eigenvalue weighted by Crippen LogP contribution is 2.63. The molecule has 0 saturated heterocycles. The molecule has 1 fully saturated rings. The Morgan fingerprint density at radius 1 is 1.10 bits per heavy atom. The van der Waals surface area contributed by atoms with Crippen LogP contribution in [0.15, 0.2) is 48.5 Å². The van der Waals surface area contributed by atoms with E-state index in [9.17, 15) is 5.11 Å². The number of aryl methyl sites for hydroxylation is 2. The number of anilines is 1. The van der Waals surface area contributed by atoms with Crippen LogP contribution in [0, 0.1) is 26.2 Å². The molecule has 0 bridgehead atoms. The zero-order valence-corrected chi connectivity index (χ0v) is 23.4.